The molecule has 0 radical (unpaired) electrons. The maximum absolute atomic E-state index is 12.6. The molecule has 0 amide bonds. The van der Waals surface area contributed by atoms with Crippen molar-refractivity contribution in [3.63, 3.8) is 0 Å². The van der Waals surface area contributed by atoms with Gasteiger partial charge < -0.3 is 4.81 Å². The minimum absolute atomic E-state index is 0.0290. The van der Waals surface area contributed by atoms with Crippen molar-refractivity contribution in [3.8, 4) is 0 Å². The van der Waals surface area contributed by atoms with E-state index in [0.29, 0.717) is 18.9 Å². The Bertz CT molecular complexity index is 577. The van der Waals surface area contributed by atoms with Gasteiger partial charge in [-0.3, -0.25) is 4.79 Å². The molecule has 3 aliphatic rings. The number of nitrogens with zero attached hydrogens (tertiary/aromatic N) is 1. The SMILES string of the molecule is BN1CCCC1CNS(=O)(=O)C[C@]12CCC(CC1=O)C2(C)C. The van der Waals surface area contributed by atoms with Crippen molar-refractivity contribution < 1.29 is 13.2 Å². The molecule has 2 saturated carbocycles. The van der Waals surface area contributed by atoms with E-state index in [-0.39, 0.29) is 23.0 Å². The molecule has 3 rings (SSSR count). The second kappa shape index (κ2) is 5.31. The van der Waals surface area contributed by atoms with E-state index >= 15 is 0 Å². The van der Waals surface area contributed by atoms with E-state index in [0.717, 1.165) is 32.2 Å². The van der Waals surface area contributed by atoms with Crippen molar-refractivity contribution in [2.24, 2.45) is 16.7 Å². The quantitative estimate of drug-likeness (QED) is 0.739. The van der Waals surface area contributed by atoms with Gasteiger partial charge in [0, 0.05) is 24.4 Å². The van der Waals surface area contributed by atoms with E-state index in [4.69, 9.17) is 0 Å². The largest absolute Gasteiger partial charge is 0.345 e. The summed E-state index contributed by atoms with van der Waals surface area (Å²) in [7, 11) is -1.38. The topological polar surface area (TPSA) is 66.5 Å². The van der Waals surface area contributed by atoms with Crippen LogP contribution < -0.4 is 4.72 Å². The van der Waals surface area contributed by atoms with E-state index in [2.05, 4.69) is 23.4 Å². The maximum Gasteiger partial charge on any atom is 0.212 e. The summed E-state index contributed by atoms with van der Waals surface area (Å²) in [5.74, 6) is 0.493. The molecule has 3 atom stereocenters. The Balaban J connectivity index is 1.70. The molecule has 2 aliphatic carbocycles. The first-order valence-electron chi connectivity index (χ1n) is 8.39. The summed E-state index contributed by atoms with van der Waals surface area (Å²) < 4.78 is 27.9. The third kappa shape index (κ3) is 2.45. The summed E-state index contributed by atoms with van der Waals surface area (Å²) in [6.07, 6.45) is 4.44. The van der Waals surface area contributed by atoms with Gasteiger partial charge in [0.05, 0.1) is 5.75 Å². The first kappa shape index (κ1) is 16.5. The van der Waals surface area contributed by atoms with Gasteiger partial charge in [0.2, 0.25) is 10.0 Å². The molecule has 2 unspecified atom stereocenters. The summed E-state index contributed by atoms with van der Waals surface area (Å²) in [6, 6.07) is 0.288. The van der Waals surface area contributed by atoms with Crippen molar-refractivity contribution >= 4 is 23.8 Å². The lowest BCUT2D eigenvalue weighted by Gasteiger charge is -2.36. The third-order valence-corrected chi connectivity index (χ3v) is 8.27. The number of nitrogens with one attached hydrogen (secondary N) is 1. The molecule has 1 heterocycles. The first-order valence-corrected chi connectivity index (χ1v) is 10.0. The zero-order chi connectivity index (χ0) is 16.2. The normalized spacial score (nSPS) is 38.0. The van der Waals surface area contributed by atoms with E-state index < -0.39 is 15.4 Å². The third-order valence-electron chi connectivity index (χ3n) is 6.79. The Kier molecular flexibility index (Phi) is 3.98. The van der Waals surface area contributed by atoms with Crippen molar-refractivity contribution in [1.82, 2.24) is 9.53 Å². The fourth-order valence-electron chi connectivity index (χ4n) is 4.94. The Hall–Kier alpha value is -0.395. The van der Waals surface area contributed by atoms with Crippen molar-refractivity contribution in [2.45, 2.75) is 52.0 Å². The predicted octanol–water partition coefficient (Wildman–Crippen LogP) is 0.314. The lowest BCUT2D eigenvalue weighted by atomic mass is 9.70. The van der Waals surface area contributed by atoms with Crippen LogP contribution in [-0.4, -0.2) is 51.9 Å². The van der Waals surface area contributed by atoms with Crippen LogP contribution in [0.1, 0.15) is 46.0 Å². The van der Waals surface area contributed by atoms with E-state index in [1.165, 1.54) is 0 Å². The first-order chi connectivity index (χ1) is 10.2. The van der Waals surface area contributed by atoms with Crippen LogP contribution >= 0.6 is 0 Å². The molecule has 5 nitrogen and oxygen atoms in total. The van der Waals surface area contributed by atoms with Gasteiger partial charge in [0.25, 0.3) is 0 Å². The van der Waals surface area contributed by atoms with Crippen LogP contribution in [0, 0.1) is 16.7 Å². The molecule has 0 aromatic rings. The van der Waals surface area contributed by atoms with Gasteiger partial charge in [0.15, 0.2) is 7.98 Å². The predicted molar refractivity (Wildman–Crippen MR) is 88.6 cm³/mol. The van der Waals surface area contributed by atoms with Gasteiger partial charge in [-0.25, -0.2) is 13.1 Å². The zero-order valence-corrected chi connectivity index (χ0v) is 14.7. The molecule has 1 N–H and O–H groups in total. The van der Waals surface area contributed by atoms with Crippen LogP contribution in [0.25, 0.3) is 0 Å². The minimum atomic E-state index is -3.42. The van der Waals surface area contributed by atoms with Crippen molar-refractivity contribution in [2.75, 3.05) is 18.8 Å². The molecule has 7 heteroatoms. The molecule has 3 fully saturated rings. The highest BCUT2D eigenvalue weighted by atomic mass is 32.2. The second-order valence-corrected chi connectivity index (χ2v) is 9.86. The lowest BCUT2D eigenvalue weighted by molar-refractivity contribution is -0.128. The number of carbonyl (C=O) groups excluding carboxylic acids is 1. The van der Waals surface area contributed by atoms with Gasteiger partial charge in [-0.05, 0) is 43.6 Å². The molecule has 1 aliphatic heterocycles. The number of carbonyl (C=O) groups is 1. The highest BCUT2D eigenvalue weighted by molar-refractivity contribution is 7.89. The summed E-state index contributed by atoms with van der Waals surface area (Å²) in [5.41, 5.74) is -0.853. The minimum Gasteiger partial charge on any atom is -0.345 e. The van der Waals surface area contributed by atoms with Gasteiger partial charge in [-0.15, -0.1) is 0 Å². The summed E-state index contributed by atoms with van der Waals surface area (Å²) in [4.78, 5) is 14.7. The zero-order valence-electron chi connectivity index (χ0n) is 13.9. The van der Waals surface area contributed by atoms with E-state index in [1.807, 2.05) is 7.98 Å². The number of hydrogen-bond donors (Lipinski definition) is 1. The van der Waals surface area contributed by atoms with Crippen molar-refractivity contribution in [1.29, 1.82) is 0 Å². The number of sulfonamides is 1. The number of Topliss-reactive ketones (excluding diaryl/α,β-unsaturated/α-hetero) is 1. The fraction of sp³-hybridized carbons (Fsp3) is 0.933. The Morgan fingerprint density at radius 1 is 1.36 bits per heavy atom. The number of hydrogen-bond acceptors (Lipinski definition) is 4. The highest BCUT2D eigenvalue weighted by Gasteiger charge is 2.65. The van der Waals surface area contributed by atoms with E-state index in [9.17, 15) is 13.2 Å². The summed E-state index contributed by atoms with van der Waals surface area (Å²) >= 11 is 0. The number of fused-ring (bicyclic) bond motifs is 2. The number of rotatable bonds is 5. The average Bonchev–Trinajstić information content (AvgIpc) is 2.98. The van der Waals surface area contributed by atoms with Gasteiger partial charge in [0.1, 0.15) is 5.78 Å². The van der Waals surface area contributed by atoms with Crippen molar-refractivity contribution in [3.05, 3.63) is 0 Å². The smallest absolute Gasteiger partial charge is 0.212 e. The Morgan fingerprint density at radius 2 is 2.09 bits per heavy atom. The van der Waals surface area contributed by atoms with Crippen LogP contribution in [-0.2, 0) is 14.8 Å². The highest BCUT2D eigenvalue weighted by Crippen LogP contribution is 2.64. The summed E-state index contributed by atoms with van der Waals surface area (Å²) in [5, 5.41) is 0. The molecular formula is C15H27BN2O3S. The van der Waals surface area contributed by atoms with Crippen LogP contribution in [0.4, 0.5) is 0 Å². The monoisotopic (exact) mass is 326 g/mol. The molecule has 22 heavy (non-hydrogen) atoms. The Labute approximate surface area is 134 Å². The second-order valence-electron chi connectivity index (χ2n) is 8.05. The number of ketones is 1. The van der Waals surface area contributed by atoms with Gasteiger partial charge in [-0.2, -0.15) is 0 Å². The molecule has 124 valence electrons. The van der Waals surface area contributed by atoms with E-state index in [1.54, 1.807) is 0 Å². The molecule has 0 aromatic carbocycles. The molecule has 0 spiro atoms. The summed E-state index contributed by atoms with van der Waals surface area (Å²) in [6.45, 7) is 5.65. The Morgan fingerprint density at radius 3 is 2.59 bits per heavy atom. The average molecular weight is 326 g/mol. The molecule has 1 saturated heterocycles. The van der Waals surface area contributed by atoms with Gasteiger partial charge >= 0.3 is 0 Å². The maximum atomic E-state index is 12.6. The van der Waals surface area contributed by atoms with Crippen LogP contribution in [0.2, 0.25) is 0 Å². The van der Waals surface area contributed by atoms with Crippen LogP contribution in [0.15, 0.2) is 0 Å². The van der Waals surface area contributed by atoms with Crippen LogP contribution in [0.5, 0.6) is 0 Å². The van der Waals surface area contributed by atoms with Crippen LogP contribution in [0.3, 0.4) is 0 Å². The molecular weight excluding hydrogens is 299 g/mol. The molecule has 0 aromatic heterocycles. The van der Waals surface area contributed by atoms with Gasteiger partial charge in [-0.1, -0.05) is 13.8 Å². The fourth-order valence-corrected chi connectivity index (χ4v) is 6.82. The molecule has 2 bridgehead atoms. The lowest BCUT2D eigenvalue weighted by Crippen LogP contribution is -2.47. The standard InChI is InChI=1S/C15H27BN2O3S/c1-14(2)11-5-6-15(14,13(19)8-11)10-22(20,21)17-9-12-4-3-7-18(12)16/h11-12,17H,3-10,16H2,1-2H3/t11?,12?,15-/m1/s1.